The van der Waals surface area contributed by atoms with Crippen LogP contribution in [-0.4, -0.2) is 6.54 Å². The first kappa shape index (κ1) is 12.6. The van der Waals surface area contributed by atoms with E-state index in [1.54, 1.807) is 6.07 Å². The lowest BCUT2D eigenvalue weighted by Crippen LogP contribution is -2.20. The summed E-state index contributed by atoms with van der Waals surface area (Å²) in [6.45, 7) is 0.624. The molecular formula is C15H16F3N. The molecule has 0 amide bonds. The fourth-order valence-electron chi connectivity index (χ4n) is 3.25. The van der Waals surface area contributed by atoms with Gasteiger partial charge in [-0.3, -0.25) is 0 Å². The van der Waals surface area contributed by atoms with E-state index >= 15 is 0 Å². The van der Waals surface area contributed by atoms with Gasteiger partial charge in [-0.15, -0.1) is 0 Å². The topological polar surface area (TPSA) is 12.0 Å². The van der Waals surface area contributed by atoms with E-state index in [1.807, 2.05) is 0 Å². The van der Waals surface area contributed by atoms with Crippen LogP contribution in [0.1, 0.15) is 18.4 Å². The summed E-state index contributed by atoms with van der Waals surface area (Å²) in [4.78, 5) is 0. The molecule has 0 aromatic heterocycles. The molecule has 2 bridgehead atoms. The first-order valence-corrected chi connectivity index (χ1v) is 6.62. The Morgan fingerprint density at radius 1 is 1.11 bits per heavy atom. The molecule has 1 fully saturated rings. The van der Waals surface area contributed by atoms with Crippen molar-refractivity contribution in [2.45, 2.75) is 19.0 Å². The van der Waals surface area contributed by atoms with Gasteiger partial charge in [-0.25, -0.2) is 0 Å². The van der Waals surface area contributed by atoms with E-state index in [0.717, 1.165) is 12.5 Å². The Labute approximate surface area is 110 Å². The highest BCUT2D eigenvalue weighted by Crippen LogP contribution is 2.43. The lowest BCUT2D eigenvalue weighted by Gasteiger charge is -2.21. The Bertz CT molecular complexity index is 492. The first-order valence-electron chi connectivity index (χ1n) is 6.62. The predicted octanol–water partition coefficient (Wildman–Crippen LogP) is 4.33. The van der Waals surface area contributed by atoms with Crippen molar-refractivity contribution in [3.63, 3.8) is 0 Å². The van der Waals surface area contributed by atoms with Gasteiger partial charge in [-0.1, -0.05) is 24.3 Å². The van der Waals surface area contributed by atoms with E-state index in [9.17, 15) is 13.2 Å². The van der Waals surface area contributed by atoms with Crippen molar-refractivity contribution >= 4 is 5.69 Å². The minimum absolute atomic E-state index is 0.196. The number of allylic oxidation sites excluding steroid dienone is 2. The van der Waals surface area contributed by atoms with Crippen molar-refractivity contribution < 1.29 is 13.2 Å². The van der Waals surface area contributed by atoms with Crippen LogP contribution in [0.5, 0.6) is 0 Å². The van der Waals surface area contributed by atoms with E-state index in [2.05, 4.69) is 17.5 Å². The zero-order valence-corrected chi connectivity index (χ0v) is 10.5. The van der Waals surface area contributed by atoms with E-state index in [0.29, 0.717) is 24.3 Å². The van der Waals surface area contributed by atoms with Gasteiger partial charge in [0.25, 0.3) is 0 Å². The molecule has 1 nitrogen and oxygen atoms in total. The zero-order chi connectivity index (χ0) is 13.5. The number of hydrogen-bond donors (Lipinski definition) is 1. The molecule has 1 aromatic carbocycles. The van der Waals surface area contributed by atoms with Crippen LogP contribution in [-0.2, 0) is 6.18 Å². The van der Waals surface area contributed by atoms with Gasteiger partial charge < -0.3 is 5.32 Å². The van der Waals surface area contributed by atoms with Gasteiger partial charge in [-0.2, -0.15) is 13.2 Å². The van der Waals surface area contributed by atoms with Crippen LogP contribution in [0.4, 0.5) is 18.9 Å². The van der Waals surface area contributed by atoms with Gasteiger partial charge >= 0.3 is 6.18 Å². The summed E-state index contributed by atoms with van der Waals surface area (Å²) >= 11 is 0. The quantitative estimate of drug-likeness (QED) is 0.804. The SMILES string of the molecule is FC(F)(F)c1ccccc1NCC1CC2C=CC1C2. The second-order valence-corrected chi connectivity index (χ2v) is 5.46. The third-order valence-corrected chi connectivity index (χ3v) is 4.20. The first-order chi connectivity index (χ1) is 9.04. The minimum Gasteiger partial charge on any atom is -0.384 e. The van der Waals surface area contributed by atoms with Gasteiger partial charge in [0.05, 0.1) is 5.56 Å². The number of alkyl halides is 3. The fourth-order valence-corrected chi connectivity index (χ4v) is 3.25. The summed E-state index contributed by atoms with van der Waals surface area (Å²) in [7, 11) is 0. The van der Waals surface area contributed by atoms with Gasteiger partial charge in [0.2, 0.25) is 0 Å². The Hall–Kier alpha value is -1.45. The molecule has 0 spiro atoms. The lowest BCUT2D eigenvalue weighted by molar-refractivity contribution is -0.136. The molecule has 3 rings (SSSR count). The lowest BCUT2D eigenvalue weighted by atomic mass is 9.93. The van der Waals surface area contributed by atoms with Crippen molar-refractivity contribution in [1.82, 2.24) is 0 Å². The number of benzene rings is 1. The maximum absolute atomic E-state index is 12.8. The molecule has 0 saturated heterocycles. The number of rotatable bonds is 3. The normalized spacial score (nSPS) is 28.9. The minimum atomic E-state index is -4.29. The third kappa shape index (κ3) is 2.48. The maximum atomic E-state index is 12.8. The number of fused-ring (bicyclic) bond motifs is 2. The summed E-state index contributed by atoms with van der Waals surface area (Å²) in [6.07, 6.45) is 2.44. The molecule has 19 heavy (non-hydrogen) atoms. The van der Waals surface area contributed by atoms with Gasteiger partial charge in [0, 0.05) is 12.2 Å². The molecule has 3 unspecified atom stereocenters. The predicted molar refractivity (Wildman–Crippen MR) is 68.8 cm³/mol. The van der Waals surface area contributed by atoms with Gasteiger partial charge in [0.15, 0.2) is 0 Å². The molecular weight excluding hydrogens is 251 g/mol. The zero-order valence-electron chi connectivity index (χ0n) is 10.5. The molecule has 0 heterocycles. The second kappa shape index (κ2) is 4.58. The highest BCUT2D eigenvalue weighted by molar-refractivity contribution is 5.52. The van der Waals surface area contributed by atoms with Crippen LogP contribution >= 0.6 is 0 Å². The van der Waals surface area contributed by atoms with Crippen LogP contribution in [0.15, 0.2) is 36.4 Å². The Morgan fingerprint density at radius 3 is 2.53 bits per heavy atom. The van der Waals surface area contributed by atoms with Crippen molar-refractivity contribution in [2.24, 2.45) is 17.8 Å². The van der Waals surface area contributed by atoms with Crippen LogP contribution in [0.3, 0.4) is 0 Å². The smallest absolute Gasteiger partial charge is 0.384 e. The average molecular weight is 267 g/mol. The highest BCUT2D eigenvalue weighted by Gasteiger charge is 2.36. The van der Waals surface area contributed by atoms with Crippen molar-refractivity contribution in [3.05, 3.63) is 42.0 Å². The standard InChI is InChI=1S/C15H16F3N/c16-15(17,18)13-3-1-2-4-14(13)19-9-12-8-10-5-6-11(12)7-10/h1-6,10-12,19H,7-9H2. The van der Waals surface area contributed by atoms with Crippen LogP contribution < -0.4 is 5.32 Å². The molecule has 1 saturated carbocycles. The number of halogens is 3. The van der Waals surface area contributed by atoms with Crippen molar-refractivity contribution in [1.29, 1.82) is 0 Å². The monoisotopic (exact) mass is 267 g/mol. The Kier molecular flexibility index (Phi) is 3.03. The van der Waals surface area contributed by atoms with Crippen LogP contribution in [0.2, 0.25) is 0 Å². The Morgan fingerprint density at radius 2 is 1.89 bits per heavy atom. The summed E-state index contributed by atoms with van der Waals surface area (Å²) in [6, 6.07) is 5.70. The summed E-state index contributed by atoms with van der Waals surface area (Å²) in [5.74, 6) is 1.67. The molecule has 0 radical (unpaired) electrons. The fraction of sp³-hybridized carbons (Fsp3) is 0.467. The summed E-state index contributed by atoms with van der Waals surface area (Å²) < 4.78 is 38.5. The van der Waals surface area contributed by atoms with Gasteiger partial charge in [0.1, 0.15) is 0 Å². The summed E-state index contributed by atoms with van der Waals surface area (Å²) in [5, 5.41) is 2.99. The van der Waals surface area contributed by atoms with Crippen molar-refractivity contribution in [2.75, 3.05) is 11.9 Å². The molecule has 1 N–H and O–H groups in total. The molecule has 2 aliphatic rings. The van der Waals surface area contributed by atoms with Crippen LogP contribution in [0, 0.1) is 17.8 Å². The van der Waals surface area contributed by atoms with Crippen LogP contribution in [0.25, 0.3) is 0 Å². The largest absolute Gasteiger partial charge is 0.418 e. The molecule has 3 atom stereocenters. The molecule has 1 aromatic rings. The second-order valence-electron chi connectivity index (χ2n) is 5.46. The molecule has 2 aliphatic carbocycles. The number of para-hydroxylation sites is 1. The van der Waals surface area contributed by atoms with E-state index in [1.165, 1.54) is 18.6 Å². The maximum Gasteiger partial charge on any atom is 0.418 e. The average Bonchev–Trinajstić information content (AvgIpc) is 2.97. The number of anilines is 1. The number of hydrogen-bond acceptors (Lipinski definition) is 1. The molecule has 0 aliphatic heterocycles. The third-order valence-electron chi connectivity index (χ3n) is 4.20. The number of nitrogens with one attached hydrogen (secondary N) is 1. The molecule has 4 heteroatoms. The van der Waals surface area contributed by atoms with E-state index in [-0.39, 0.29) is 5.69 Å². The summed E-state index contributed by atoms with van der Waals surface area (Å²) in [5.41, 5.74) is -0.379. The Balaban J connectivity index is 1.69. The van der Waals surface area contributed by atoms with Crippen molar-refractivity contribution in [3.8, 4) is 0 Å². The highest BCUT2D eigenvalue weighted by atomic mass is 19.4. The van der Waals surface area contributed by atoms with E-state index < -0.39 is 11.7 Å². The van der Waals surface area contributed by atoms with E-state index in [4.69, 9.17) is 0 Å². The molecule has 102 valence electrons. The van der Waals surface area contributed by atoms with Gasteiger partial charge in [-0.05, 0) is 42.7 Å².